The van der Waals surface area contributed by atoms with Crippen LogP contribution in [0.2, 0.25) is 0 Å². The van der Waals surface area contributed by atoms with Crippen molar-refractivity contribution in [3.8, 4) is 11.5 Å². The lowest BCUT2D eigenvalue weighted by atomic mass is 10.1. The summed E-state index contributed by atoms with van der Waals surface area (Å²) in [6.45, 7) is 2.36. The Morgan fingerprint density at radius 1 is 1.13 bits per heavy atom. The number of hydrogen-bond donors (Lipinski definition) is 1. The van der Waals surface area contributed by atoms with Gasteiger partial charge in [-0.05, 0) is 41.6 Å². The average molecular weight is 325 g/mol. The van der Waals surface area contributed by atoms with Gasteiger partial charge in [0.2, 0.25) is 6.79 Å². The zero-order chi connectivity index (χ0) is 15.8. The standard InChI is InChI=1S/C18H15NO3S/c1-2-11-3-5-13(6-4-11)19-18(20)17-8-12-7-14-15(22-10-21-14)9-16(12)23-17/h3-9H,2,10H2,1H3,(H,19,20). The van der Waals surface area contributed by atoms with Gasteiger partial charge in [0.25, 0.3) is 5.91 Å². The van der Waals surface area contributed by atoms with Gasteiger partial charge >= 0.3 is 0 Å². The topological polar surface area (TPSA) is 47.6 Å². The second-order valence-corrected chi connectivity index (χ2v) is 6.44. The lowest BCUT2D eigenvalue weighted by molar-refractivity contribution is 0.103. The van der Waals surface area contributed by atoms with Crippen LogP contribution in [0.4, 0.5) is 5.69 Å². The van der Waals surface area contributed by atoms with E-state index in [1.165, 1.54) is 16.9 Å². The van der Waals surface area contributed by atoms with E-state index in [1.54, 1.807) is 0 Å². The highest BCUT2D eigenvalue weighted by molar-refractivity contribution is 7.20. The predicted octanol–water partition coefficient (Wildman–Crippen LogP) is 4.44. The molecule has 4 nitrogen and oxygen atoms in total. The predicted molar refractivity (Wildman–Crippen MR) is 91.7 cm³/mol. The van der Waals surface area contributed by atoms with Crippen LogP contribution in [0.15, 0.2) is 42.5 Å². The molecule has 0 radical (unpaired) electrons. The van der Waals surface area contributed by atoms with E-state index in [0.29, 0.717) is 4.88 Å². The monoisotopic (exact) mass is 325 g/mol. The van der Waals surface area contributed by atoms with E-state index < -0.39 is 0 Å². The zero-order valence-electron chi connectivity index (χ0n) is 12.6. The number of ether oxygens (including phenoxy) is 2. The Hall–Kier alpha value is -2.53. The summed E-state index contributed by atoms with van der Waals surface area (Å²) in [5.41, 5.74) is 2.05. The minimum Gasteiger partial charge on any atom is -0.454 e. The number of hydrogen-bond acceptors (Lipinski definition) is 4. The first-order valence-electron chi connectivity index (χ1n) is 7.46. The fraction of sp³-hybridized carbons (Fsp3) is 0.167. The highest BCUT2D eigenvalue weighted by Crippen LogP contribution is 2.39. The van der Waals surface area contributed by atoms with Crippen molar-refractivity contribution in [3.63, 3.8) is 0 Å². The van der Waals surface area contributed by atoms with Crippen LogP contribution in [0, 0.1) is 0 Å². The molecule has 1 aliphatic heterocycles. The smallest absolute Gasteiger partial charge is 0.265 e. The third-order valence-corrected chi connectivity index (χ3v) is 4.95. The summed E-state index contributed by atoms with van der Waals surface area (Å²) in [6.07, 6.45) is 0.985. The molecule has 0 aliphatic carbocycles. The summed E-state index contributed by atoms with van der Waals surface area (Å²) in [7, 11) is 0. The molecule has 23 heavy (non-hydrogen) atoms. The van der Waals surface area contributed by atoms with Crippen molar-refractivity contribution in [2.75, 3.05) is 12.1 Å². The Labute approximate surface area is 137 Å². The van der Waals surface area contributed by atoms with E-state index >= 15 is 0 Å². The van der Waals surface area contributed by atoms with Crippen LogP contribution in [-0.4, -0.2) is 12.7 Å². The number of rotatable bonds is 3. The number of aryl methyl sites for hydroxylation is 1. The largest absolute Gasteiger partial charge is 0.454 e. The van der Waals surface area contributed by atoms with Gasteiger partial charge in [0.05, 0.1) is 4.88 Å². The van der Waals surface area contributed by atoms with E-state index in [1.807, 2.05) is 42.5 Å². The van der Waals surface area contributed by atoms with Crippen LogP contribution in [0.1, 0.15) is 22.2 Å². The first-order valence-corrected chi connectivity index (χ1v) is 8.28. The molecule has 2 aromatic carbocycles. The normalized spacial score (nSPS) is 12.6. The van der Waals surface area contributed by atoms with Gasteiger partial charge in [-0.1, -0.05) is 19.1 Å². The van der Waals surface area contributed by atoms with Crippen LogP contribution in [0.3, 0.4) is 0 Å². The molecule has 116 valence electrons. The molecule has 1 N–H and O–H groups in total. The molecule has 0 spiro atoms. The molecule has 5 heteroatoms. The van der Waals surface area contributed by atoms with Gasteiger partial charge in [0, 0.05) is 16.5 Å². The first kappa shape index (κ1) is 14.1. The van der Waals surface area contributed by atoms with Gasteiger partial charge in [-0.15, -0.1) is 11.3 Å². The van der Waals surface area contributed by atoms with Crippen molar-refractivity contribution in [1.82, 2.24) is 0 Å². The highest BCUT2D eigenvalue weighted by Gasteiger charge is 2.17. The minimum absolute atomic E-state index is 0.0996. The first-order chi connectivity index (χ1) is 11.2. The van der Waals surface area contributed by atoms with Crippen molar-refractivity contribution >= 4 is 33.0 Å². The SMILES string of the molecule is CCc1ccc(NC(=O)c2cc3cc4c(cc3s2)OCO4)cc1. The maximum Gasteiger partial charge on any atom is 0.265 e. The molecule has 0 saturated carbocycles. The molecule has 4 rings (SSSR count). The molecule has 0 atom stereocenters. The molecule has 2 heterocycles. The number of benzene rings is 2. The van der Waals surface area contributed by atoms with Crippen LogP contribution in [-0.2, 0) is 6.42 Å². The fourth-order valence-corrected chi connectivity index (χ4v) is 3.53. The Bertz CT molecular complexity index is 842. The molecule has 0 unspecified atom stereocenters. The van der Waals surface area contributed by atoms with Gasteiger partial charge in [0.15, 0.2) is 11.5 Å². The maximum absolute atomic E-state index is 12.4. The Kier molecular flexibility index (Phi) is 3.42. The van der Waals surface area contributed by atoms with Crippen LogP contribution < -0.4 is 14.8 Å². The number of carbonyl (C=O) groups excluding carboxylic acids is 1. The van der Waals surface area contributed by atoms with Crippen LogP contribution >= 0.6 is 11.3 Å². The maximum atomic E-state index is 12.4. The molecule has 1 aromatic heterocycles. The van der Waals surface area contributed by atoms with Gasteiger partial charge in [-0.25, -0.2) is 0 Å². The minimum atomic E-state index is -0.0996. The second kappa shape index (κ2) is 5.59. The van der Waals surface area contributed by atoms with Crippen LogP contribution in [0.25, 0.3) is 10.1 Å². The second-order valence-electron chi connectivity index (χ2n) is 5.36. The highest BCUT2D eigenvalue weighted by atomic mass is 32.1. The fourth-order valence-electron chi connectivity index (χ4n) is 2.56. The molecule has 3 aromatic rings. The molecule has 1 amide bonds. The van der Waals surface area contributed by atoms with Gasteiger partial charge in [0.1, 0.15) is 0 Å². The van der Waals surface area contributed by atoms with Crippen molar-refractivity contribution < 1.29 is 14.3 Å². The summed E-state index contributed by atoms with van der Waals surface area (Å²) in [5, 5.41) is 3.93. The third kappa shape index (κ3) is 2.64. The summed E-state index contributed by atoms with van der Waals surface area (Å²) in [6, 6.07) is 13.6. The number of fused-ring (bicyclic) bond motifs is 2. The van der Waals surface area contributed by atoms with E-state index in [0.717, 1.165) is 33.7 Å². The van der Waals surface area contributed by atoms with E-state index in [2.05, 4.69) is 12.2 Å². The molecule has 0 saturated heterocycles. The quantitative estimate of drug-likeness (QED) is 0.774. The average Bonchev–Trinajstić information content (AvgIpc) is 3.18. The molecular formula is C18H15NO3S. The number of amides is 1. The van der Waals surface area contributed by atoms with E-state index in [4.69, 9.17) is 9.47 Å². The summed E-state index contributed by atoms with van der Waals surface area (Å²) in [5.74, 6) is 1.37. The summed E-state index contributed by atoms with van der Waals surface area (Å²) >= 11 is 1.45. The van der Waals surface area contributed by atoms with Crippen molar-refractivity contribution in [3.05, 3.63) is 52.9 Å². The summed E-state index contributed by atoms with van der Waals surface area (Å²) < 4.78 is 11.8. The van der Waals surface area contributed by atoms with Crippen molar-refractivity contribution in [2.45, 2.75) is 13.3 Å². The molecule has 0 bridgehead atoms. The molecule has 0 fully saturated rings. The van der Waals surface area contributed by atoms with Crippen molar-refractivity contribution in [2.24, 2.45) is 0 Å². The lowest BCUT2D eigenvalue weighted by Gasteiger charge is -2.04. The number of anilines is 1. The van der Waals surface area contributed by atoms with Gasteiger partial charge in [-0.3, -0.25) is 4.79 Å². The Morgan fingerprint density at radius 2 is 1.87 bits per heavy atom. The Balaban J connectivity index is 1.59. The van der Waals surface area contributed by atoms with Crippen molar-refractivity contribution in [1.29, 1.82) is 0 Å². The number of carbonyl (C=O) groups is 1. The summed E-state index contributed by atoms with van der Waals surface area (Å²) in [4.78, 5) is 13.1. The van der Waals surface area contributed by atoms with Gasteiger partial charge in [-0.2, -0.15) is 0 Å². The van der Waals surface area contributed by atoms with E-state index in [9.17, 15) is 4.79 Å². The molecule has 1 aliphatic rings. The molecular weight excluding hydrogens is 310 g/mol. The van der Waals surface area contributed by atoms with Gasteiger partial charge < -0.3 is 14.8 Å². The lowest BCUT2D eigenvalue weighted by Crippen LogP contribution is -2.09. The number of thiophene rings is 1. The van der Waals surface area contributed by atoms with Crippen LogP contribution in [0.5, 0.6) is 11.5 Å². The number of nitrogens with one attached hydrogen (secondary N) is 1. The Morgan fingerprint density at radius 3 is 2.61 bits per heavy atom. The zero-order valence-corrected chi connectivity index (χ0v) is 13.4. The third-order valence-electron chi connectivity index (χ3n) is 3.86. The van der Waals surface area contributed by atoms with E-state index in [-0.39, 0.29) is 12.7 Å².